The van der Waals surface area contributed by atoms with Crippen LogP contribution in [0.3, 0.4) is 0 Å². The smallest absolute Gasteiger partial charge is 0.343 e. The summed E-state index contributed by atoms with van der Waals surface area (Å²) in [6.07, 6.45) is 1.77. The SMILES string of the molecule is COC(=O)COc1c(I)cc(/C=C2/SC(=S)N(c3ccc(C)c(C)c3)C2=O)cc1OC. The Hall–Kier alpha value is -2.11. The molecule has 0 N–H and O–H groups in total. The van der Waals surface area contributed by atoms with Gasteiger partial charge in [-0.2, -0.15) is 0 Å². The zero-order chi connectivity index (χ0) is 22.7. The molecule has 0 aromatic heterocycles. The van der Waals surface area contributed by atoms with E-state index in [1.807, 2.05) is 38.1 Å². The van der Waals surface area contributed by atoms with Crippen LogP contribution in [0.15, 0.2) is 35.2 Å². The monoisotopic (exact) mass is 569 g/mol. The van der Waals surface area contributed by atoms with Crippen molar-refractivity contribution in [1.29, 1.82) is 0 Å². The van der Waals surface area contributed by atoms with Crippen molar-refractivity contribution >= 4 is 74.5 Å². The number of esters is 1. The van der Waals surface area contributed by atoms with E-state index in [0.717, 1.165) is 25.9 Å². The number of anilines is 1. The standard InChI is InChI=1S/C22H20INO5S2/c1-12-5-6-15(7-13(12)2)24-21(26)18(31-22(24)30)10-14-8-16(23)20(17(9-14)27-3)29-11-19(25)28-4/h5-10H,11H2,1-4H3/b18-10+. The fraction of sp³-hybridized carbons (Fsp3) is 0.227. The highest BCUT2D eigenvalue weighted by atomic mass is 127. The third-order valence-electron chi connectivity index (χ3n) is 4.65. The average molecular weight is 569 g/mol. The predicted octanol–water partition coefficient (Wildman–Crippen LogP) is 4.87. The van der Waals surface area contributed by atoms with Gasteiger partial charge in [-0.25, -0.2) is 4.79 Å². The molecular formula is C22H20INO5S2. The molecule has 1 saturated heterocycles. The molecule has 0 aliphatic carbocycles. The maximum atomic E-state index is 13.1. The van der Waals surface area contributed by atoms with E-state index in [1.54, 1.807) is 17.0 Å². The number of amides is 1. The number of carbonyl (C=O) groups excluding carboxylic acids is 2. The van der Waals surface area contributed by atoms with E-state index in [4.69, 9.17) is 21.7 Å². The van der Waals surface area contributed by atoms with Crippen molar-refractivity contribution in [1.82, 2.24) is 0 Å². The van der Waals surface area contributed by atoms with Gasteiger partial charge in [-0.3, -0.25) is 9.69 Å². The Morgan fingerprint density at radius 3 is 2.58 bits per heavy atom. The number of thioether (sulfide) groups is 1. The second kappa shape index (κ2) is 10.0. The number of methoxy groups -OCH3 is 2. The molecule has 1 fully saturated rings. The quantitative estimate of drug-likeness (QED) is 0.213. The molecular weight excluding hydrogens is 549 g/mol. The number of rotatable bonds is 6. The number of benzene rings is 2. The Labute approximate surface area is 204 Å². The van der Waals surface area contributed by atoms with Gasteiger partial charge in [0.15, 0.2) is 22.4 Å². The lowest BCUT2D eigenvalue weighted by molar-refractivity contribution is -0.142. The molecule has 31 heavy (non-hydrogen) atoms. The summed E-state index contributed by atoms with van der Waals surface area (Å²) in [5.74, 6) is 0.232. The van der Waals surface area contributed by atoms with E-state index in [9.17, 15) is 9.59 Å². The number of aryl methyl sites for hydroxylation is 2. The molecule has 1 aliphatic rings. The largest absolute Gasteiger partial charge is 0.493 e. The molecule has 0 spiro atoms. The van der Waals surface area contributed by atoms with Gasteiger partial charge in [-0.15, -0.1) is 0 Å². The van der Waals surface area contributed by atoms with E-state index in [0.29, 0.717) is 20.7 Å². The lowest BCUT2D eigenvalue weighted by Gasteiger charge is -2.16. The number of halogens is 1. The summed E-state index contributed by atoms with van der Waals surface area (Å²) in [5, 5.41) is 0. The summed E-state index contributed by atoms with van der Waals surface area (Å²) in [6, 6.07) is 9.43. The summed E-state index contributed by atoms with van der Waals surface area (Å²) >= 11 is 8.82. The van der Waals surface area contributed by atoms with Crippen molar-refractivity contribution in [2.45, 2.75) is 13.8 Å². The second-order valence-electron chi connectivity index (χ2n) is 6.68. The van der Waals surface area contributed by atoms with Gasteiger partial charge in [0, 0.05) is 0 Å². The van der Waals surface area contributed by atoms with Crippen LogP contribution < -0.4 is 14.4 Å². The molecule has 0 bridgehead atoms. The molecule has 0 radical (unpaired) electrons. The Morgan fingerprint density at radius 1 is 1.19 bits per heavy atom. The van der Waals surface area contributed by atoms with Crippen LogP contribution in [0, 0.1) is 17.4 Å². The van der Waals surface area contributed by atoms with Crippen LogP contribution in [-0.4, -0.2) is 37.0 Å². The lowest BCUT2D eigenvalue weighted by Crippen LogP contribution is -2.27. The first-order chi connectivity index (χ1) is 14.7. The van der Waals surface area contributed by atoms with E-state index in [1.165, 1.54) is 26.0 Å². The molecule has 0 unspecified atom stereocenters. The van der Waals surface area contributed by atoms with Gasteiger partial charge >= 0.3 is 5.97 Å². The number of hydrogen-bond acceptors (Lipinski definition) is 7. The third kappa shape index (κ3) is 5.21. The molecule has 162 valence electrons. The van der Waals surface area contributed by atoms with Crippen LogP contribution in [0.5, 0.6) is 11.5 Å². The summed E-state index contributed by atoms with van der Waals surface area (Å²) in [6.45, 7) is 3.80. The maximum absolute atomic E-state index is 13.1. The summed E-state index contributed by atoms with van der Waals surface area (Å²) in [5.41, 5.74) is 3.76. The van der Waals surface area contributed by atoms with Gasteiger partial charge < -0.3 is 14.2 Å². The van der Waals surface area contributed by atoms with Gasteiger partial charge in [-0.05, 0) is 83.5 Å². The first kappa shape index (κ1) is 23.6. The Balaban J connectivity index is 1.90. The normalized spacial score (nSPS) is 14.9. The molecule has 6 nitrogen and oxygen atoms in total. The van der Waals surface area contributed by atoms with Gasteiger partial charge in [0.05, 0.1) is 28.4 Å². The Bertz CT molecular complexity index is 1100. The highest BCUT2D eigenvalue weighted by molar-refractivity contribution is 14.1. The number of thiocarbonyl (C=S) groups is 1. The minimum Gasteiger partial charge on any atom is -0.493 e. The van der Waals surface area contributed by atoms with Gasteiger partial charge in [0.25, 0.3) is 5.91 Å². The fourth-order valence-corrected chi connectivity index (χ4v) is 4.94. The van der Waals surface area contributed by atoms with E-state index in [-0.39, 0.29) is 12.5 Å². The summed E-state index contributed by atoms with van der Waals surface area (Å²) < 4.78 is 16.8. The summed E-state index contributed by atoms with van der Waals surface area (Å²) in [7, 11) is 2.81. The van der Waals surface area contributed by atoms with Crippen LogP contribution in [0.1, 0.15) is 16.7 Å². The maximum Gasteiger partial charge on any atom is 0.343 e. The van der Waals surface area contributed by atoms with Gasteiger partial charge in [0.1, 0.15) is 0 Å². The second-order valence-corrected chi connectivity index (χ2v) is 9.52. The van der Waals surface area contributed by atoms with Gasteiger partial charge in [-0.1, -0.05) is 30.0 Å². The van der Waals surface area contributed by atoms with Crippen molar-refractivity contribution in [3.63, 3.8) is 0 Å². The van der Waals surface area contributed by atoms with Gasteiger partial charge in [0.2, 0.25) is 0 Å². The zero-order valence-corrected chi connectivity index (χ0v) is 21.1. The van der Waals surface area contributed by atoms with Crippen molar-refractivity contribution in [3.8, 4) is 11.5 Å². The topological polar surface area (TPSA) is 65.1 Å². The van der Waals surface area contributed by atoms with Crippen molar-refractivity contribution in [2.75, 3.05) is 25.7 Å². The molecule has 3 rings (SSSR count). The molecule has 1 amide bonds. The first-order valence-electron chi connectivity index (χ1n) is 9.17. The van der Waals surface area contributed by atoms with E-state index >= 15 is 0 Å². The molecule has 1 aliphatic heterocycles. The van der Waals surface area contributed by atoms with Crippen LogP contribution >= 0.6 is 46.6 Å². The van der Waals surface area contributed by atoms with Crippen molar-refractivity contribution in [2.24, 2.45) is 0 Å². The molecule has 2 aromatic rings. The minimum atomic E-state index is -0.489. The van der Waals surface area contributed by atoms with Crippen LogP contribution in [0.25, 0.3) is 6.08 Å². The van der Waals surface area contributed by atoms with E-state index in [2.05, 4.69) is 27.3 Å². The molecule has 0 saturated carbocycles. The Morgan fingerprint density at radius 2 is 1.94 bits per heavy atom. The predicted molar refractivity (Wildman–Crippen MR) is 135 cm³/mol. The number of ether oxygens (including phenoxy) is 3. The third-order valence-corrected chi connectivity index (χ3v) is 6.76. The number of nitrogens with zero attached hydrogens (tertiary/aromatic N) is 1. The fourth-order valence-electron chi connectivity index (χ4n) is 2.86. The van der Waals surface area contributed by atoms with Crippen molar-refractivity contribution < 1.29 is 23.8 Å². The number of carbonyl (C=O) groups is 2. The first-order valence-corrected chi connectivity index (χ1v) is 11.5. The van der Waals surface area contributed by atoms with E-state index < -0.39 is 5.97 Å². The highest BCUT2D eigenvalue weighted by Crippen LogP contribution is 2.39. The molecule has 0 atom stereocenters. The zero-order valence-electron chi connectivity index (χ0n) is 17.4. The van der Waals surface area contributed by atoms with Crippen LogP contribution in [-0.2, 0) is 14.3 Å². The average Bonchev–Trinajstić information content (AvgIpc) is 3.01. The molecule has 2 aromatic carbocycles. The molecule has 1 heterocycles. The van der Waals surface area contributed by atoms with Crippen molar-refractivity contribution in [3.05, 3.63) is 55.5 Å². The summed E-state index contributed by atoms with van der Waals surface area (Å²) in [4.78, 5) is 26.5. The minimum absolute atomic E-state index is 0.168. The highest BCUT2D eigenvalue weighted by Gasteiger charge is 2.33. The molecule has 9 heteroatoms. The van der Waals surface area contributed by atoms with Crippen LogP contribution in [0.4, 0.5) is 5.69 Å². The number of hydrogen-bond donors (Lipinski definition) is 0. The Kier molecular flexibility index (Phi) is 7.60. The lowest BCUT2D eigenvalue weighted by atomic mass is 10.1. The van der Waals surface area contributed by atoms with Crippen LogP contribution in [0.2, 0.25) is 0 Å².